The highest BCUT2D eigenvalue weighted by atomic mass is 35.5. The zero-order valence-electron chi connectivity index (χ0n) is 8.85. The van der Waals surface area contributed by atoms with Crippen LogP contribution in [0.3, 0.4) is 0 Å². The molecule has 1 aliphatic heterocycles. The standard InChI is InChI=1S/C12H10ClNO2S/c13-11-10(6-7-14(15)12(11)17-16)8-9-4-2-1-3-5-9/h1-7,14H,8H2. The Hall–Kier alpha value is -1.20. The number of hydrogen-bond acceptors (Lipinski definition) is 2. The van der Waals surface area contributed by atoms with E-state index in [4.69, 9.17) is 11.6 Å². The van der Waals surface area contributed by atoms with Crippen LogP contribution in [0, 0.1) is 5.21 Å². The minimum atomic E-state index is -0.313. The summed E-state index contributed by atoms with van der Waals surface area (Å²) < 4.78 is 10.8. The van der Waals surface area contributed by atoms with Gasteiger partial charge in [-0.3, -0.25) is 0 Å². The van der Waals surface area contributed by atoms with E-state index in [-0.39, 0.29) is 26.3 Å². The largest absolute Gasteiger partial charge is 0.623 e. The molecule has 1 aromatic rings. The molecule has 0 saturated heterocycles. The molecule has 1 aliphatic rings. The van der Waals surface area contributed by atoms with Crippen molar-refractivity contribution in [2.24, 2.45) is 0 Å². The number of benzene rings is 1. The molecule has 0 amide bonds. The van der Waals surface area contributed by atoms with E-state index >= 15 is 0 Å². The molecule has 2 rings (SSSR count). The fourth-order valence-electron chi connectivity index (χ4n) is 1.61. The fourth-order valence-corrected chi connectivity index (χ4v) is 2.28. The molecule has 5 heteroatoms. The highest BCUT2D eigenvalue weighted by Gasteiger charge is 2.19. The Kier molecular flexibility index (Phi) is 3.91. The van der Waals surface area contributed by atoms with Crippen LogP contribution in [0.1, 0.15) is 5.56 Å². The summed E-state index contributed by atoms with van der Waals surface area (Å²) in [6.45, 7) is 0. The van der Waals surface area contributed by atoms with Crippen LogP contribution in [0.5, 0.6) is 0 Å². The predicted octanol–water partition coefficient (Wildman–Crippen LogP) is 0.975. The summed E-state index contributed by atoms with van der Waals surface area (Å²) in [4.78, 5) is 0.0834. The molecule has 0 saturated carbocycles. The van der Waals surface area contributed by atoms with Gasteiger partial charge in [-0.05, 0) is 23.6 Å². The average molecular weight is 268 g/mol. The first-order valence-electron chi connectivity index (χ1n) is 5.04. The summed E-state index contributed by atoms with van der Waals surface area (Å²) in [7, 11) is 0. The summed E-state index contributed by atoms with van der Waals surface area (Å²) in [5.74, 6) is 0. The predicted molar refractivity (Wildman–Crippen MR) is 69.6 cm³/mol. The summed E-state index contributed by atoms with van der Waals surface area (Å²) in [6, 6.07) is 9.77. The Bertz CT molecular complexity index is 533. The van der Waals surface area contributed by atoms with Gasteiger partial charge < -0.3 is 10.3 Å². The van der Waals surface area contributed by atoms with Gasteiger partial charge in [0.25, 0.3) is 0 Å². The van der Waals surface area contributed by atoms with Crippen molar-refractivity contribution in [2.75, 3.05) is 0 Å². The molecule has 1 unspecified atom stereocenters. The van der Waals surface area contributed by atoms with Crippen molar-refractivity contribution < 1.29 is 9.27 Å². The van der Waals surface area contributed by atoms with Crippen molar-refractivity contribution in [1.82, 2.24) is 0 Å². The summed E-state index contributed by atoms with van der Waals surface area (Å²) in [6.07, 6.45) is 3.69. The average Bonchev–Trinajstić information content (AvgIpc) is 2.35. The van der Waals surface area contributed by atoms with Gasteiger partial charge in [0.05, 0.1) is 0 Å². The molecular weight excluding hydrogens is 258 g/mol. The third-order valence-electron chi connectivity index (χ3n) is 2.46. The number of nitrogens with one attached hydrogen (secondary N) is 1. The van der Waals surface area contributed by atoms with Gasteiger partial charge in [-0.15, -0.1) is 0 Å². The highest BCUT2D eigenvalue weighted by molar-refractivity contribution is 7.66. The molecule has 1 heterocycles. The molecule has 1 N–H and O–H groups in total. The molecule has 17 heavy (non-hydrogen) atoms. The lowest BCUT2D eigenvalue weighted by Crippen LogP contribution is -3.06. The number of allylic oxidation sites excluding steroid dienone is 2. The maximum atomic E-state index is 11.4. The maximum Gasteiger partial charge on any atom is 0.248 e. The molecule has 1 atom stereocenters. The Morgan fingerprint density at radius 3 is 2.65 bits per heavy atom. The van der Waals surface area contributed by atoms with Crippen molar-refractivity contribution in [3.63, 3.8) is 0 Å². The minimum absolute atomic E-state index is 0.0834. The van der Waals surface area contributed by atoms with E-state index in [0.29, 0.717) is 6.42 Å². The number of halogens is 1. The van der Waals surface area contributed by atoms with E-state index in [1.807, 2.05) is 30.3 Å². The first kappa shape index (κ1) is 12.3. The molecule has 1 aromatic carbocycles. The quantitative estimate of drug-likeness (QED) is 0.641. The van der Waals surface area contributed by atoms with E-state index in [2.05, 4.69) is 0 Å². The second-order valence-electron chi connectivity index (χ2n) is 3.61. The van der Waals surface area contributed by atoms with Crippen LogP contribution in [-0.4, -0.2) is 9.20 Å². The van der Waals surface area contributed by atoms with Gasteiger partial charge in [-0.1, -0.05) is 41.9 Å². The normalized spacial score (nSPS) is 19.6. The van der Waals surface area contributed by atoms with Gasteiger partial charge in [0, 0.05) is 0 Å². The van der Waals surface area contributed by atoms with Crippen LogP contribution in [0.2, 0.25) is 0 Å². The first-order valence-corrected chi connectivity index (χ1v) is 6.16. The van der Waals surface area contributed by atoms with Crippen molar-refractivity contribution >= 4 is 27.8 Å². The Morgan fingerprint density at radius 2 is 2.00 bits per heavy atom. The first-order chi connectivity index (χ1) is 8.22. The number of quaternary nitrogens is 1. The van der Waals surface area contributed by atoms with Crippen LogP contribution in [0.25, 0.3) is 0 Å². The van der Waals surface area contributed by atoms with Crippen molar-refractivity contribution in [1.29, 1.82) is 0 Å². The van der Waals surface area contributed by atoms with Gasteiger partial charge >= 0.3 is 0 Å². The van der Waals surface area contributed by atoms with Crippen molar-refractivity contribution in [3.8, 4) is 0 Å². The number of rotatable bonds is 2. The number of hydroxylamine groups is 2. The Labute approximate surface area is 108 Å². The smallest absolute Gasteiger partial charge is 0.248 e. The minimum Gasteiger partial charge on any atom is -0.623 e. The van der Waals surface area contributed by atoms with Crippen LogP contribution in [0.15, 0.2) is 53.2 Å². The second kappa shape index (κ2) is 5.42. The van der Waals surface area contributed by atoms with Gasteiger partial charge in [-0.2, -0.15) is 0 Å². The van der Waals surface area contributed by atoms with E-state index in [1.165, 1.54) is 6.20 Å². The molecule has 0 aromatic heterocycles. The fraction of sp³-hybridized carbons (Fsp3) is 0.0833. The van der Waals surface area contributed by atoms with E-state index in [9.17, 15) is 9.42 Å². The van der Waals surface area contributed by atoms with Gasteiger partial charge in [0.2, 0.25) is 4.99 Å². The number of hydrogen-bond donors (Lipinski definition) is 1. The van der Waals surface area contributed by atoms with E-state index in [1.54, 1.807) is 6.08 Å². The maximum absolute atomic E-state index is 11.4. The molecule has 0 radical (unpaired) electrons. The molecule has 0 spiro atoms. The van der Waals surface area contributed by atoms with Gasteiger partial charge in [-0.25, -0.2) is 4.21 Å². The summed E-state index contributed by atoms with van der Waals surface area (Å²) in [5.41, 5.74) is 1.89. The molecule has 0 aliphatic carbocycles. The Balaban J connectivity index is 2.31. The zero-order valence-corrected chi connectivity index (χ0v) is 10.4. The monoisotopic (exact) mass is 267 g/mol. The van der Waals surface area contributed by atoms with Crippen LogP contribution >= 0.6 is 11.6 Å². The molecule has 0 fully saturated rings. The molecular formula is C12H10ClNO2S. The summed E-state index contributed by atoms with van der Waals surface area (Å²) >= 11 is 6.20. The topological polar surface area (TPSA) is 44.6 Å². The van der Waals surface area contributed by atoms with Crippen molar-refractivity contribution in [3.05, 3.63) is 64.0 Å². The molecule has 88 valence electrons. The Morgan fingerprint density at radius 1 is 1.29 bits per heavy atom. The van der Waals surface area contributed by atoms with Crippen LogP contribution in [0.4, 0.5) is 0 Å². The van der Waals surface area contributed by atoms with Crippen molar-refractivity contribution in [2.45, 2.75) is 6.42 Å². The lowest BCUT2D eigenvalue weighted by molar-refractivity contribution is -0.680. The van der Waals surface area contributed by atoms with E-state index < -0.39 is 0 Å². The summed E-state index contributed by atoms with van der Waals surface area (Å²) in [5, 5.41) is 11.3. The third-order valence-corrected chi connectivity index (χ3v) is 3.58. The third kappa shape index (κ3) is 2.73. The SMILES string of the molecule is O=S=C1C(Cl)=C(Cc2ccccc2)C=C[NH+]1[O-]. The zero-order chi connectivity index (χ0) is 12.3. The second-order valence-corrected chi connectivity index (χ2v) is 4.56. The van der Waals surface area contributed by atoms with Crippen LogP contribution in [-0.2, 0) is 17.7 Å². The van der Waals surface area contributed by atoms with Gasteiger partial charge in [0.15, 0.2) is 11.3 Å². The van der Waals surface area contributed by atoms with Crippen LogP contribution < -0.4 is 5.06 Å². The molecule has 3 nitrogen and oxygen atoms in total. The van der Waals surface area contributed by atoms with Gasteiger partial charge in [0.1, 0.15) is 11.2 Å². The molecule has 0 bridgehead atoms. The van der Waals surface area contributed by atoms with E-state index in [0.717, 1.165) is 11.1 Å². The lowest BCUT2D eigenvalue weighted by atomic mass is 10.0. The highest BCUT2D eigenvalue weighted by Crippen LogP contribution is 2.18. The lowest BCUT2D eigenvalue weighted by Gasteiger charge is -2.21.